The Balaban J connectivity index is 0.00000176. The minimum Gasteiger partial charge on any atom is -0.477 e. The Morgan fingerprint density at radius 1 is 1.23 bits per heavy atom. The summed E-state index contributed by atoms with van der Waals surface area (Å²) in [5, 5.41) is 3.35. The predicted octanol–water partition coefficient (Wildman–Crippen LogP) is 3.68. The van der Waals surface area contributed by atoms with E-state index < -0.39 is 11.9 Å². The molecule has 1 unspecified atom stereocenters. The van der Waals surface area contributed by atoms with Crippen molar-refractivity contribution in [1.29, 1.82) is 0 Å². The summed E-state index contributed by atoms with van der Waals surface area (Å²) < 4.78 is 43.4. The number of aromatic nitrogens is 1. The van der Waals surface area contributed by atoms with Gasteiger partial charge >= 0.3 is 6.18 Å². The van der Waals surface area contributed by atoms with Crippen molar-refractivity contribution in [2.75, 3.05) is 19.7 Å². The van der Waals surface area contributed by atoms with Crippen LogP contribution in [0.15, 0.2) is 18.2 Å². The second-order valence-corrected chi connectivity index (χ2v) is 6.02. The molecule has 124 valence electrons. The van der Waals surface area contributed by atoms with Gasteiger partial charge < -0.3 is 10.1 Å². The van der Waals surface area contributed by atoms with Crippen molar-refractivity contribution in [2.45, 2.75) is 31.9 Å². The van der Waals surface area contributed by atoms with E-state index in [0.717, 1.165) is 38.4 Å². The molecule has 0 amide bonds. The number of alkyl halides is 3. The lowest BCUT2D eigenvalue weighted by Gasteiger charge is -2.52. The Hall–Kier alpha value is -1.01. The van der Waals surface area contributed by atoms with Crippen molar-refractivity contribution >= 4 is 12.4 Å². The average molecular weight is 337 g/mol. The van der Waals surface area contributed by atoms with Gasteiger partial charge in [-0.25, -0.2) is 4.98 Å². The largest absolute Gasteiger partial charge is 0.477 e. The zero-order chi connectivity index (χ0) is 14.9. The van der Waals surface area contributed by atoms with Crippen LogP contribution in [0.4, 0.5) is 13.2 Å². The van der Waals surface area contributed by atoms with Crippen LogP contribution in [-0.2, 0) is 6.18 Å². The summed E-state index contributed by atoms with van der Waals surface area (Å²) in [6.07, 6.45) is 0.151. The maximum atomic E-state index is 12.6. The second kappa shape index (κ2) is 6.62. The van der Waals surface area contributed by atoms with Crippen LogP contribution < -0.4 is 10.1 Å². The van der Waals surface area contributed by atoms with Crippen molar-refractivity contribution in [3.63, 3.8) is 0 Å². The van der Waals surface area contributed by atoms with Crippen molar-refractivity contribution in [2.24, 2.45) is 11.3 Å². The van der Waals surface area contributed by atoms with Gasteiger partial charge in [-0.15, -0.1) is 12.4 Å². The summed E-state index contributed by atoms with van der Waals surface area (Å²) in [7, 11) is 0. The van der Waals surface area contributed by atoms with E-state index in [1.54, 1.807) is 0 Å². The molecule has 22 heavy (non-hydrogen) atoms. The van der Waals surface area contributed by atoms with Gasteiger partial charge in [0, 0.05) is 6.07 Å². The fraction of sp³-hybridized carbons (Fsp3) is 0.667. The Morgan fingerprint density at radius 3 is 2.55 bits per heavy atom. The summed E-state index contributed by atoms with van der Waals surface area (Å²) in [5.74, 6) is 0.511. The number of nitrogens with zero attached hydrogens (tertiary/aromatic N) is 1. The summed E-state index contributed by atoms with van der Waals surface area (Å²) in [4.78, 5) is 3.55. The van der Waals surface area contributed by atoms with E-state index in [4.69, 9.17) is 4.74 Å². The highest BCUT2D eigenvalue weighted by Gasteiger charge is 2.47. The number of nitrogens with one attached hydrogen (secondary N) is 1. The van der Waals surface area contributed by atoms with Gasteiger partial charge in [0.25, 0.3) is 0 Å². The van der Waals surface area contributed by atoms with Crippen LogP contribution in [0, 0.1) is 11.3 Å². The summed E-state index contributed by atoms with van der Waals surface area (Å²) >= 11 is 0. The molecule has 1 spiro atoms. The highest BCUT2D eigenvalue weighted by Crippen LogP contribution is 2.52. The van der Waals surface area contributed by atoms with Gasteiger partial charge in [0.05, 0.1) is 6.61 Å². The van der Waals surface area contributed by atoms with Gasteiger partial charge in [-0.2, -0.15) is 13.2 Å². The molecule has 7 heteroatoms. The third-order valence-corrected chi connectivity index (χ3v) is 4.90. The maximum Gasteiger partial charge on any atom is 0.433 e. The summed E-state index contributed by atoms with van der Waals surface area (Å²) in [6, 6.07) is 3.79. The van der Waals surface area contributed by atoms with Crippen LogP contribution in [-0.4, -0.2) is 24.7 Å². The SMILES string of the molecule is Cl.FC(F)(F)c1cccc(OCC2CCC23CCNCC3)n1. The first-order chi connectivity index (χ1) is 10.00. The number of rotatable bonds is 3. The first-order valence-corrected chi connectivity index (χ1v) is 7.37. The van der Waals surface area contributed by atoms with Crippen molar-refractivity contribution in [3.05, 3.63) is 23.9 Å². The number of hydrogen-bond acceptors (Lipinski definition) is 3. The highest BCUT2D eigenvalue weighted by molar-refractivity contribution is 5.85. The highest BCUT2D eigenvalue weighted by atomic mass is 35.5. The molecule has 0 aromatic carbocycles. The fourth-order valence-corrected chi connectivity index (χ4v) is 3.44. The van der Waals surface area contributed by atoms with Crippen LogP contribution in [0.5, 0.6) is 5.88 Å². The summed E-state index contributed by atoms with van der Waals surface area (Å²) in [5.41, 5.74) is -0.558. The van der Waals surface area contributed by atoms with Crippen LogP contribution >= 0.6 is 12.4 Å². The average Bonchev–Trinajstić information content (AvgIpc) is 2.47. The number of halogens is 4. The minimum atomic E-state index is -4.42. The lowest BCUT2D eigenvalue weighted by molar-refractivity contribution is -0.141. The van der Waals surface area contributed by atoms with Gasteiger partial charge in [0.15, 0.2) is 0 Å². The monoisotopic (exact) mass is 336 g/mol. The van der Waals surface area contributed by atoms with Crippen LogP contribution in [0.25, 0.3) is 0 Å². The van der Waals surface area contributed by atoms with Crippen LogP contribution in [0.2, 0.25) is 0 Å². The smallest absolute Gasteiger partial charge is 0.433 e. The Kier molecular flexibility index (Phi) is 5.22. The molecule has 0 bridgehead atoms. The minimum absolute atomic E-state index is 0. The lowest BCUT2D eigenvalue weighted by atomic mass is 9.56. The molecule has 1 N–H and O–H groups in total. The molecule has 1 saturated heterocycles. The molecule has 1 aliphatic carbocycles. The predicted molar refractivity (Wildman–Crippen MR) is 79.2 cm³/mol. The zero-order valence-electron chi connectivity index (χ0n) is 12.2. The molecular formula is C15H20ClF3N2O. The third-order valence-electron chi connectivity index (χ3n) is 4.90. The molecule has 1 aliphatic heterocycles. The molecule has 0 radical (unpaired) electrons. The Bertz CT molecular complexity index is 504. The van der Waals surface area contributed by atoms with Crippen LogP contribution in [0.3, 0.4) is 0 Å². The van der Waals surface area contributed by atoms with E-state index in [9.17, 15) is 13.2 Å². The molecular weight excluding hydrogens is 317 g/mol. The fourth-order valence-electron chi connectivity index (χ4n) is 3.44. The molecule has 1 atom stereocenters. The van der Waals surface area contributed by atoms with Crippen molar-refractivity contribution in [3.8, 4) is 5.88 Å². The van der Waals surface area contributed by atoms with E-state index in [2.05, 4.69) is 10.3 Å². The van der Waals surface area contributed by atoms with Gasteiger partial charge in [-0.3, -0.25) is 0 Å². The number of hydrogen-bond donors (Lipinski definition) is 1. The topological polar surface area (TPSA) is 34.1 Å². The number of pyridine rings is 1. The molecule has 1 aromatic heterocycles. The molecule has 2 heterocycles. The van der Waals surface area contributed by atoms with E-state index >= 15 is 0 Å². The maximum absolute atomic E-state index is 12.6. The summed E-state index contributed by atoms with van der Waals surface area (Å²) in [6.45, 7) is 2.52. The van der Waals surface area contributed by atoms with E-state index in [1.165, 1.54) is 18.6 Å². The molecule has 2 fully saturated rings. The molecule has 1 aromatic rings. The first kappa shape index (κ1) is 17.3. The molecule has 3 rings (SSSR count). The van der Waals surface area contributed by atoms with E-state index in [1.807, 2.05) is 0 Å². The van der Waals surface area contributed by atoms with E-state index in [-0.39, 0.29) is 18.3 Å². The lowest BCUT2D eigenvalue weighted by Crippen LogP contribution is -2.49. The normalized spacial score (nSPS) is 23.5. The van der Waals surface area contributed by atoms with Crippen LogP contribution in [0.1, 0.15) is 31.4 Å². The van der Waals surface area contributed by atoms with Crippen molar-refractivity contribution in [1.82, 2.24) is 10.3 Å². The molecule has 3 nitrogen and oxygen atoms in total. The van der Waals surface area contributed by atoms with Gasteiger partial charge in [-0.1, -0.05) is 6.07 Å². The van der Waals surface area contributed by atoms with Crippen molar-refractivity contribution < 1.29 is 17.9 Å². The third kappa shape index (κ3) is 3.49. The standard InChI is InChI=1S/C15H19F3N2O.ClH/c16-15(17,18)12-2-1-3-13(20-12)21-10-11-4-5-14(11)6-8-19-9-7-14;/h1-3,11,19H,4-10H2;1H. The van der Waals surface area contributed by atoms with Gasteiger partial charge in [0.1, 0.15) is 5.69 Å². The zero-order valence-corrected chi connectivity index (χ0v) is 13.0. The van der Waals surface area contributed by atoms with E-state index in [0.29, 0.717) is 17.9 Å². The number of ether oxygens (including phenoxy) is 1. The van der Waals surface area contributed by atoms with Gasteiger partial charge in [0.2, 0.25) is 5.88 Å². The molecule has 2 aliphatic rings. The second-order valence-electron chi connectivity index (χ2n) is 6.02. The first-order valence-electron chi connectivity index (χ1n) is 7.37. The number of piperidine rings is 1. The Morgan fingerprint density at radius 2 is 1.95 bits per heavy atom. The molecule has 1 saturated carbocycles. The Labute approximate surface area is 134 Å². The quantitative estimate of drug-likeness (QED) is 0.914. The van der Waals surface area contributed by atoms with Gasteiger partial charge in [-0.05, 0) is 56.2 Å².